The number of halogens is 4. The van der Waals surface area contributed by atoms with Crippen molar-refractivity contribution in [3.8, 4) is 0 Å². The second kappa shape index (κ2) is 12.7. The molecule has 0 bridgehead atoms. The molecule has 0 fully saturated rings. The highest BCUT2D eigenvalue weighted by Gasteiger charge is 2.00. The predicted octanol–water partition coefficient (Wildman–Crippen LogP) is 2.19. The van der Waals surface area contributed by atoms with Crippen molar-refractivity contribution in [2.75, 3.05) is 11.8 Å². The Kier molecular flexibility index (Phi) is 13.7. The van der Waals surface area contributed by atoms with Crippen molar-refractivity contribution >= 4 is 65.9 Å². The zero-order chi connectivity index (χ0) is 12.2. The first-order valence-electron chi connectivity index (χ1n) is 4.99. The molecule has 2 nitrogen and oxygen atoms in total. The van der Waals surface area contributed by atoms with Crippen LogP contribution in [0.15, 0.2) is 12.2 Å². The lowest BCUT2D eigenvalue weighted by atomic mass is 10.6. The van der Waals surface area contributed by atoms with Gasteiger partial charge in [0.05, 0.1) is 11.8 Å². The van der Waals surface area contributed by atoms with E-state index in [0.29, 0.717) is 11.8 Å². The van der Waals surface area contributed by atoms with E-state index in [0.717, 1.165) is 12.1 Å². The summed E-state index contributed by atoms with van der Waals surface area (Å²) in [5.41, 5.74) is -0.666. The van der Waals surface area contributed by atoms with Gasteiger partial charge in [0.15, 0.2) is 19.5 Å². The van der Waals surface area contributed by atoms with E-state index >= 15 is 0 Å². The van der Waals surface area contributed by atoms with Gasteiger partial charge in [-0.2, -0.15) is 0 Å². The molecule has 0 rings (SSSR count). The number of allylic oxidation sites excluding steroid dienone is 2. The molecule has 0 aromatic carbocycles. The van der Waals surface area contributed by atoms with E-state index in [1.54, 1.807) is 0 Å². The van der Waals surface area contributed by atoms with E-state index in [1.807, 2.05) is 0 Å². The van der Waals surface area contributed by atoms with Crippen molar-refractivity contribution < 1.29 is 8.85 Å². The molecule has 2 atom stereocenters. The number of rotatable bonds is 10. The molecule has 0 aromatic rings. The molecule has 0 amide bonds. The lowest BCUT2D eigenvalue weighted by Gasteiger charge is -2.06. The maximum Gasteiger partial charge on any atom is 0.167 e. The Hall–Kier alpha value is 1.25. The van der Waals surface area contributed by atoms with Crippen LogP contribution in [0.2, 0.25) is 12.1 Å². The lowest BCUT2D eigenvalue weighted by molar-refractivity contribution is 0.322. The van der Waals surface area contributed by atoms with E-state index < -0.39 is 19.5 Å². The molecule has 0 aliphatic carbocycles. The average Bonchev–Trinajstić information content (AvgIpc) is 2.31. The van der Waals surface area contributed by atoms with Crippen molar-refractivity contribution in [2.24, 2.45) is 0 Å². The summed E-state index contributed by atoms with van der Waals surface area (Å²) in [6.07, 6.45) is 4.20. The molecule has 0 radical (unpaired) electrons. The fourth-order valence-electron chi connectivity index (χ4n) is 0.853. The monoisotopic (exact) mass is 340 g/mol. The van der Waals surface area contributed by atoms with Crippen LogP contribution in [0.4, 0.5) is 0 Å². The molecule has 0 aromatic heterocycles. The van der Waals surface area contributed by atoms with E-state index in [9.17, 15) is 0 Å². The highest BCUT2D eigenvalue weighted by molar-refractivity contribution is 6.33. The van der Waals surface area contributed by atoms with Gasteiger partial charge in [0, 0.05) is 0 Å². The highest BCUT2D eigenvalue weighted by Crippen LogP contribution is 2.02. The van der Waals surface area contributed by atoms with Crippen LogP contribution in [-0.2, 0) is 8.85 Å². The van der Waals surface area contributed by atoms with Crippen LogP contribution in [0.1, 0.15) is 0 Å². The largest absolute Gasteiger partial charge is 0.407 e. The Morgan fingerprint density at radius 3 is 1.56 bits per heavy atom. The summed E-state index contributed by atoms with van der Waals surface area (Å²) in [4.78, 5) is 0. The number of hydrogen-bond acceptors (Lipinski definition) is 2. The summed E-state index contributed by atoms with van der Waals surface area (Å²) in [5, 5.41) is 0. The third kappa shape index (κ3) is 11.7. The van der Waals surface area contributed by atoms with Crippen LogP contribution in [0.25, 0.3) is 0 Å². The fraction of sp³-hybridized carbons (Fsp3) is 0.750. The van der Waals surface area contributed by atoms with Gasteiger partial charge >= 0.3 is 0 Å². The Morgan fingerprint density at radius 1 is 0.875 bits per heavy atom. The van der Waals surface area contributed by atoms with Crippen molar-refractivity contribution in [1.29, 1.82) is 0 Å². The molecule has 0 aliphatic heterocycles. The van der Waals surface area contributed by atoms with Gasteiger partial charge in [-0.15, -0.1) is 23.2 Å². The standard InChI is InChI=1S/C8H16Cl4O2Si2/c9-5-7(11)13-15-3-1-2-4-16-14-8(12)6-10/h1-2,7-8H,3-6,15-16H2. The summed E-state index contributed by atoms with van der Waals surface area (Å²) in [6.45, 7) is 0. The molecule has 0 N–H and O–H groups in total. The van der Waals surface area contributed by atoms with Gasteiger partial charge < -0.3 is 8.85 Å². The molecular formula is C8H16Cl4O2Si2. The molecule has 0 saturated carbocycles. The minimum atomic E-state index is -0.577. The minimum absolute atomic E-state index is 0.333. The van der Waals surface area contributed by atoms with Crippen LogP contribution < -0.4 is 0 Å². The van der Waals surface area contributed by atoms with Crippen LogP contribution in [0.5, 0.6) is 0 Å². The second-order valence-corrected chi connectivity index (χ2v) is 7.15. The Bertz CT molecular complexity index is 167. The summed E-state index contributed by atoms with van der Waals surface area (Å²) in [5.74, 6) is 0.684. The van der Waals surface area contributed by atoms with Gasteiger partial charge in [0.25, 0.3) is 0 Å². The van der Waals surface area contributed by atoms with Gasteiger partial charge in [-0.25, -0.2) is 0 Å². The quantitative estimate of drug-likeness (QED) is 0.262. The topological polar surface area (TPSA) is 18.5 Å². The highest BCUT2D eigenvalue weighted by atomic mass is 35.5. The molecule has 0 saturated heterocycles. The minimum Gasteiger partial charge on any atom is -0.407 e. The first-order valence-corrected chi connectivity index (χ1v) is 10.1. The molecule has 0 aliphatic rings. The van der Waals surface area contributed by atoms with Crippen molar-refractivity contribution in [1.82, 2.24) is 0 Å². The zero-order valence-electron chi connectivity index (χ0n) is 8.88. The van der Waals surface area contributed by atoms with E-state index in [-0.39, 0.29) is 11.1 Å². The molecule has 0 heterocycles. The maximum atomic E-state index is 5.69. The first-order chi connectivity index (χ1) is 7.70. The van der Waals surface area contributed by atoms with Crippen molar-refractivity contribution in [3.05, 3.63) is 12.2 Å². The summed E-state index contributed by atoms with van der Waals surface area (Å²) < 4.78 is 10.6. The molecule has 16 heavy (non-hydrogen) atoms. The summed E-state index contributed by atoms with van der Waals surface area (Å²) in [7, 11) is -1.15. The summed E-state index contributed by atoms with van der Waals surface area (Å²) >= 11 is 22.4. The maximum absolute atomic E-state index is 5.69. The lowest BCUT2D eigenvalue weighted by Crippen LogP contribution is -2.10. The molecule has 2 unspecified atom stereocenters. The van der Waals surface area contributed by atoms with E-state index in [1.165, 1.54) is 0 Å². The Labute approximate surface area is 121 Å². The third-order valence-electron chi connectivity index (χ3n) is 1.58. The zero-order valence-corrected chi connectivity index (χ0v) is 14.7. The first kappa shape index (κ1) is 17.3. The normalized spacial score (nSPS) is 17.0. The van der Waals surface area contributed by atoms with Gasteiger partial charge in [-0.05, 0) is 12.1 Å². The van der Waals surface area contributed by atoms with Gasteiger partial charge in [0.2, 0.25) is 0 Å². The second-order valence-electron chi connectivity index (χ2n) is 2.92. The smallest absolute Gasteiger partial charge is 0.167 e. The van der Waals surface area contributed by atoms with Crippen LogP contribution in [-0.4, -0.2) is 42.4 Å². The van der Waals surface area contributed by atoms with Crippen molar-refractivity contribution in [3.63, 3.8) is 0 Å². The fourth-order valence-corrected chi connectivity index (χ4v) is 3.63. The molecular weight excluding hydrogens is 326 g/mol. The van der Waals surface area contributed by atoms with Gasteiger partial charge in [-0.3, -0.25) is 0 Å². The van der Waals surface area contributed by atoms with Gasteiger partial charge in [-0.1, -0.05) is 35.4 Å². The van der Waals surface area contributed by atoms with Crippen LogP contribution >= 0.6 is 46.4 Å². The average molecular weight is 342 g/mol. The molecule has 0 spiro atoms. The van der Waals surface area contributed by atoms with E-state index in [4.69, 9.17) is 55.3 Å². The number of hydrogen-bond donors (Lipinski definition) is 0. The van der Waals surface area contributed by atoms with Gasteiger partial charge in [0.1, 0.15) is 11.1 Å². The molecule has 96 valence electrons. The Morgan fingerprint density at radius 2 is 1.25 bits per heavy atom. The Balaban J connectivity index is 3.22. The van der Waals surface area contributed by atoms with Crippen LogP contribution in [0, 0.1) is 0 Å². The number of alkyl halides is 4. The molecule has 8 heteroatoms. The van der Waals surface area contributed by atoms with Crippen LogP contribution in [0.3, 0.4) is 0 Å². The van der Waals surface area contributed by atoms with Crippen molar-refractivity contribution in [2.45, 2.75) is 23.2 Å². The van der Waals surface area contributed by atoms with E-state index in [2.05, 4.69) is 12.2 Å². The third-order valence-corrected chi connectivity index (χ3v) is 5.85. The SMILES string of the molecule is ClCC(Cl)O[SiH2]CC=CC[SiH2]OC(Cl)CCl. The summed E-state index contributed by atoms with van der Waals surface area (Å²) in [6, 6.07) is 1.93. The predicted molar refractivity (Wildman–Crippen MR) is 78.7 cm³/mol.